The van der Waals surface area contributed by atoms with Crippen LogP contribution in [0.25, 0.3) is 0 Å². The van der Waals surface area contributed by atoms with E-state index in [1.165, 1.54) is 18.2 Å². The summed E-state index contributed by atoms with van der Waals surface area (Å²) in [5.41, 5.74) is 2.47. The molecule has 0 amide bonds. The van der Waals surface area contributed by atoms with E-state index in [2.05, 4.69) is 15.7 Å². The van der Waals surface area contributed by atoms with E-state index in [0.717, 1.165) is 6.20 Å². The van der Waals surface area contributed by atoms with Crippen LogP contribution in [0, 0.1) is 0 Å². The lowest BCUT2D eigenvalue weighted by atomic mass is 10.6. The van der Waals surface area contributed by atoms with Crippen molar-refractivity contribution < 1.29 is 9.59 Å². The summed E-state index contributed by atoms with van der Waals surface area (Å²) in [4.78, 5) is 25.1. The van der Waals surface area contributed by atoms with Crippen molar-refractivity contribution in [1.82, 2.24) is 0 Å². The van der Waals surface area contributed by atoms with Crippen molar-refractivity contribution in [3.63, 3.8) is 0 Å². The van der Waals surface area contributed by atoms with Crippen LogP contribution in [-0.4, -0.2) is 18.7 Å². The number of hydrogen-bond acceptors (Lipinski definition) is 4. The van der Waals surface area contributed by atoms with Gasteiger partial charge < -0.3 is 0 Å². The van der Waals surface area contributed by atoms with Crippen LogP contribution >= 0.6 is 0 Å². The summed E-state index contributed by atoms with van der Waals surface area (Å²) in [5, 5.41) is 0. The van der Waals surface area contributed by atoms with Crippen LogP contribution < -0.4 is 0 Å². The number of rotatable bonds is 3. The largest absolute Gasteiger partial charge is 0.240 e. The molecule has 0 bridgehead atoms. The predicted octanol–water partition coefficient (Wildman–Crippen LogP) is 0.327. The van der Waals surface area contributed by atoms with Gasteiger partial charge in [-0.3, -0.25) is 0 Å². The van der Waals surface area contributed by atoms with Gasteiger partial charge in [-0.2, -0.15) is 4.99 Å². The van der Waals surface area contributed by atoms with Crippen LogP contribution in [0.4, 0.5) is 0 Å². The zero-order valence-electron chi connectivity index (χ0n) is 5.07. The molecule has 0 saturated carbocycles. The molecule has 0 spiro atoms. The lowest BCUT2D eigenvalue weighted by Gasteiger charge is -1.67. The summed E-state index contributed by atoms with van der Waals surface area (Å²) in [7, 11) is 0. The summed E-state index contributed by atoms with van der Waals surface area (Å²) >= 11 is 0. The van der Waals surface area contributed by atoms with E-state index in [1.54, 1.807) is 0 Å². The SMILES string of the molecule is O=C=NC=C=CCN=C=O. The first-order valence-corrected chi connectivity index (χ1v) is 2.42. The average molecular weight is 136 g/mol. The van der Waals surface area contributed by atoms with Crippen LogP contribution in [0.5, 0.6) is 0 Å². The Hall–Kier alpha value is -1.72. The molecule has 0 aliphatic rings. The maximum absolute atomic E-state index is 9.46. The van der Waals surface area contributed by atoms with Gasteiger partial charge in [0.15, 0.2) is 0 Å². The van der Waals surface area contributed by atoms with Crippen molar-refractivity contribution in [2.24, 2.45) is 9.98 Å². The molecule has 0 radical (unpaired) electrons. The third kappa shape index (κ3) is 6.28. The van der Waals surface area contributed by atoms with Gasteiger partial charge in [0.05, 0.1) is 12.7 Å². The molecule has 0 aromatic heterocycles. The fraction of sp³-hybridized carbons (Fsp3) is 0.167. The summed E-state index contributed by atoms with van der Waals surface area (Å²) in [6.45, 7) is 0.203. The molecule has 10 heavy (non-hydrogen) atoms. The highest BCUT2D eigenvalue weighted by Gasteiger charge is 1.64. The fourth-order valence-corrected chi connectivity index (χ4v) is 0.252. The molecule has 0 atom stereocenters. The van der Waals surface area contributed by atoms with Crippen molar-refractivity contribution in [1.29, 1.82) is 0 Å². The quantitative estimate of drug-likeness (QED) is 0.319. The molecule has 4 nitrogen and oxygen atoms in total. The van der Waals surface area contributed by atoms with Gasteiger partial charge in [-0.1, -0.05) is 0 Å². The number of hydrogen-bond donors (Lipinski definition) is 0. The molecular weight excluding hydrogens is 132 g/mol. The molecule has 0 N–H and O–H groups in total. The number of aliphatic imine (C=N–C) groups is 2. The van der Waals surface area contributed by atoms with Crippen LogP contribution in [0.1, 0.15) is 0 Å². The highest BCUT2D eigenvalue weighted by atomic mass is 16.1. The van der Waals surface area contributed by atoms with E-state index in [0.29, 0.717) is 0 Å². The zero-order valence-corrected chi connectivity index (χ0v) is 5.07. The van der Waals surface area contributed by atoms with Gasteiger partial charge in [-0.25, -0.2) is 14.6 Å². The molecule has 0 heterocycles. The standard InChI is InChI=1S/C6H4N2O2/c9-5-7-3-1-2-4-8-6-10/h1,4H,3H2. The Balaban J connectivity index is 3.74. The molecule has 0 aliphatic carbocycles. The summed E-state index contributed by atoms with van der Waals surface area (Å²) in [5.74, 6) is 0. The van der Waals surface area contributed by atoms with E-state index < -0.39 is 0 Å². The Morgan fingerprint density at radius 3 is 2.70 bits per heavy atom. The smallest absolute Gasteiger partial charge is 0.211 e. The molecule has 50 valence electrons. The Labute approximate surface area is 57.3 Å². The molecule has 4 heteroatoms. The topological polar surface area (TPSA) is 58.9 Å². The van der Waals surface area contributed by atoms with Crippen LogP contribution in [-0.2, 0) is 9.59 Å². The Kier molecular flexibility index (Phi) is 6.03. The van der Waals surface area contributed by atoms with Gasteiger partial charge in [0.2, 0.25) is 12.2 Å². The van der Waals surface area contributed by atoms with Crippen molar-refractivity contribution >= 4 is 12.2 Å². The van der Waals surface area contributed by atoms with E-state index in [9.17, 15) is 9.59 Å². The molecular formula is C6H4N2O2. The van der Waals surface area contributed by atoms with Gasteiger partial charge in [0.25, 0.3) is 0 Å². The van der Waals surface area contributed by atoms with Crippen LogP contribution in [0.15, 0.2) is 28.0 Å². The lowest BCUT2D eigenvalue weighted by Crippen LogP contribution is -1.65. The molecule has 0 unspecified atom stereocenters. The first-order chi connectivity index (χ1) is 4.91. The monoisotopic (exact) mass is 136 g/mol. The van der Waals surface area contributed by atoms with E-state index in [-0.39, 0.29) is 6.54 Å². The molecule has 0 aromatic carbocycles. The van der Waals surface area contributed by atoms with E-state index in [1.807, 2.05) is 0 Å². The van der Waals surface area contributed by atoms with E-state index >= 15 is 0 Å². The predicted molar refractivity (Wildman–Crippen MR) is 33.8 cm³/mol. The van der Waals surface area contributed by atoms with Gasteiger partial charge in [0.1, 0.15) is 0 Å². The number of nitrogens with zero attached hydrogens (tertiary/aromatic N) is 2. The number of carbonyl (C=O) groups excluding carboxylic acids is 2. The first kappa shape index (κ1) is 8.28. The minimum Gasteiger partial charge on any atom is -0.211 e. The van der Waals surface area contributed by atoms with Gasteiger partial charge in [-0.05, 0) is 6.08 Å². The number of isocyanates is 2. The van der Waals surface area contributed by atoms with Crippen LogP contribution in [0.2, 0.25) is 0 Å². The van der Waals surface area contributed by atoms with Gasteiger partial charge in [-0.15, -0.1) is 5.73 Å². The normalized spacial score (nSPS) is 6.00. The van der Waals surface area contributed by atoms with Crippen molar-refractivity contribution in [3.05, 3.63) is 18.0 Å². The molecule has 0 fully saturated rings. The Bertz CT molecular complexity index is 238. The maximum atomic E-state index is 9.46. The van der Waals surface area contributed by atoms with E-state index in [4.69, 9.17) is 0 Å². The fourth-order valence-electron chi connectivity index (χ4n) is 0.252. The Morgan fingerprint density at radius 1 is 1.30 bits per heavy atom. The third-order valence-corrected chi connectivity index (χ3v) is 0.557. The Morgan fingerprint density at radius 2 is 2.10 bits per heavy atom. The van der Waals surface area contributed by atoms with Crippen molar-refractivity contribution in [2.45, 2.75) is 0 Å². The highest BCUT2D eigenvalue weighted by Crippen LogP contribution is 1.70. The lowest BCUT2D eigenvalue weighted by molar-refractivity contribution is 0.563. The summed E-state index contributed by atoms with van der Waals surface area (Å²) in [6, 6.07) is 0. The second-order valence-corrected chi connectivity index (χ2v) is 1.15. The average Bonchev–Trinajstić information content (AvgIpc) is 1.97. The summed E-state index contributed by atoms with van der Waals surface area (Å²) < 4.78 is 0. The van der Waals surface area contributed by atoms with Crippen molar-refractivity contribution in [2.75, 3.05) is 6.54 Å². The minimum atomic E-state index is 0.203. The van der Waals surface area contributed by atoms with Crippen molar-refractivity contribution in [3.8, 4) is 0 Å². The van der Waals surface area contributed by atoms with Crippen LogP contribution in [0.3, 0.4) is 0 Å². The first-order valence-electron chi connectivity index (χ1n) is 2.42. The third-order valence-electron chi connectivity index (χ3n) is 0.557. The molecule has 0 aliphatic heterocycles. The highest BCUT2D eigenvalue weighted by molar-refractivity contribution is 5.34. The summed E-state index contributed by atoms with van der Waals surface area (Å²) in [6.07, 6.45) is 5.20. The molecule has 0 saturated heterocycles. The zero-order chi connectivity index (χ0) is 7.66. The molecule has 0 aromatic rings. The van der Waals surface area contributed by atoms with Gasteiger partial charge in [0, 0.05) is 0 Å². The second kappa shape index (κ2) is 7.28. The molecule has 0 rings (SSSR count). The second-order valence-electron chi connectivity index (χ2n) is 1.15. The maximum Gasteiger partial charge on any atom is 0.240 e. The van der Waals surface area contributed by atoms with Gasteiger partial charge >= 0.3 is 0 Å². The minimum absolute atomic E-state index is 0.203.